The summed E-state index contributed by atoms with van der Waals surface area (Å²) < 4.78 is 10.5. The molecule has 0 aliphatic heterocycles. The average molecular weight is 209 g/mol. The van der Waals surface area contributed by atoms with Crippen molar-refractivity contribution >= 4 is 5.69 Å². The van der Waals surface area contributed by atoms with Crippen LogP contribution in [0.1, 0.15) is 12.5 Å². The number of methoxy groups -OCH3 is 2. The van der Waals surface area contributed by atoms with Gasteiger partial charge in [0.2, 0.25) is 0 Å². The highest BCUT2D eigenvalue weighted by molar-refractivity contribution is 5.45. The number of hydrogen-bond donors (Lipinski definition) is 1. The number of rotatable bonds is 5. The molecule has 1 unspecified atom stereocenters. The van der Waals surface area contributed by atoms with E-state index in [0.29, 0.717) is 6.61 Å². The van der Waals surface area contributed by atoms with Gasteiger partial charge < -0.3 is 14.8 Å². The molecule has 1 rings (SSSR count). The van der Waals surface area contributed by atoms with Crippen LogP contribution in [0.5, 0.6) is 0 Å². The largest absolute Gasteiger partial charge is 0.380 e. The van der Waals surface area contributed by atoms with Crippen LogP contribution >= 0.6 is 0 Å². The predicted molar refractivity (Wildman–Crippen MR) is 62.1 cm³/mol. The lowest BCUT2D eigenvalue weighted by Crippen LogP contribution is -2.41. The summed E-state index contributed by atoms with van der Waals surface area (Å²) in [5.41, 5.74) is 1.79. The first kappa shape index (κ1) is 12.0. The van der Waals surface area contributed by atoms with Gasteiger partial charge in [0, 0.05) is 19.9 Å². The van der Waals surface area contributed by atoms with E-state index >= 15 is 0 Å². The van der Waals surface area contributed by atoms with Crippen molar-refractivity contribution < 1.29 is 9.47 Å². The molecule has 0 bridgehead atoms. The van der Waals surface area contributed by atoms with E-state index in [2.05, 4.69) is 24.4 Å². The lowest BCUT2D eigenvalue weighted by atomic mass is 10.2. The Labute approximate surface area is 91.4 Å². The summed E-state index contributed by atoms with van der Waals surface area (Å²) >= 11 is 0. The Morgan fingerprint density at radius 1 is 1.20 bits per heavy atom. The molecule has 0 saturated carbocycles. The zero-order chi connectivity index (χ0) is 11.3. The van der Waals surface area contributed by atoms with E-state index in [4.69, 9.17) is 9.47 Å². The van der Waals surface area contributed by atoms with Crippen molar-refractivity contribution in [3.63, 3.8) is 0 Å². The molecular weight excluding hydrogens is 190 g/mol. The van der Waals surface area contributed by atoms with Crippen LogP contribution < -0.4 is 5.32 Å². The van der Waals surface area contributed by atoms with E-state index in [1.165, 1.54) is 5.56 Å². The second kappa shape index (κ2) is 5.14. The molecule has 0 saturated heterocycles. The smallest absolute Gasteiger partial charge is 0.159 e. The molecule has 0 fully saturated rings. The maximum atomic E-state index is 5.38. The Kier molecular flexibility index (Phi) is 4.12. The summed E-state index contributed by atoms with van der Waals surface area (Å²) in [5, 5.41) is 3.29. The maximum Gasteiger partial charge on any atom is 0.159 e. The minimum absolute atomic E-state index is 0.482. The molecular formula is C12H19NO2. The molecule has 1 aromatic carbocycles. The number of nitrogens with one attached hydrogen (secondary N) is 1. The predicted octanol–water partition coefficient (Wildman–Crippen LogP) is 2.42. The Bertz CT molecular complexity index is 297. The zero-order valence-corrected chi connectivity index (χ0v) is 9.83. The number of ether oxygens (including phenoxy) is 2. The van der Waals surface area contributed by atoms with E-state index in [0.717, 1.165) is 5.69 Å². The third kappa shape index (κ3) is 3.53. The van der Waals surface area contributed by atoms with Crippen LogP contribution in [0.25, 0.3) is 0 Å². The molecule has 1 atom stereocenters. The van der Waals surface area contributed by atoms with Gasteiger partial charge >= 0.3 is 0 Å². The normalized spacial score (nSPS) is 14.7. The molecule has 0 aliphatic rings. The second-order valence-electron chi connectivity index (χ2n) is 3.86. The van der Waals surface area contributed by atoms with Gasteiger partial charge in [-0.05, 0) is 26.0 Å². The first-order valence-corrected chi connectivity index (χ1v) is 4.98. The van der Waals surface area contributed by atoms with Crippen LogP contribution in [-0.4, -0.2) is 26.6 Å². The first-order chi connectivity index (χ1) is 7.09. The molecule has 0 amide bonds. The number of benzene rings is 1. The molecule has 84 valence electrons. The average Bonchev–Trinajstić information content (AvgIpc) is 2.22. The maximum absolute atomic E-state index is 5.38. The van der Waals surface area contributed by atoms with E-state index in [9.17, 15) is 0 Å². The molecule has 0 aromatic heterocycles. The zero-order valence-electron chi connectivity index (χ0n) is 9.83. The van der Waals surface area contributed by atoms with Gasteiger partial charge in [-0.2, -0.15) is 0 Å². The molecule has 15 heavy (non-hydrogen) atoms. The minimum atomic E-state index is -0.482. The van der Waals surface area contributed by atoms with Crippen LogP contribution in [0.3, 0.4) is 0 Å². The van der Waals surface area contributed by atoms with Gasteiger partial charge in [0.1, 0.15) is 0 Å². The van der Waals surface area contributed by atoms with Crippen molar-refractivity contribution in [1.29, 1.82) is 0 Å². The third-order valence-corrected chi connectivity index (χ3v) is 2.33. The highest BCUT2D eigenvalue weighted by Crippen LogP contribution is 2.16. The van der Waals surface area contributed by atoms with E-state index in [1.54, 1.807) is 14.2 Å². The summed E-state index contributed by atoms with van der Waals surface area (Å²) in [5.74, 6) is 0. The van der Waals surface area contributed by atoms with E-state index in [1.807, 2.05) is 19.1 Å². The van der Waals surface area contributed by atoms with Crippen molar-refractivity contribution in [2.75, 3.05) is 26.1 Å². The topological polar surface area (TPSA) is 30.5 Å². The highest BCUT2D eigenvalue weighted by Gasteiger charge is 2.22. The lowest BCUT2D eigenvalue weighted by Gasteiger charge is -2.29. The van der Waals surface area contributed by atoms with Crippen molar-refractivity contribution in [3.8, 4) is 0 Å². The number of aryl methyl sites for hydroxylation is 1. The summed E-state index contributed by atoms with van der Waals surface area (Å²) in [7, 11) is 3.33. The molecule has 0 radical (unpaired) electrons. The molecule has 0 heterocycles. The third-order valence-electron chi connectivity index (χ3n) is 2.33. The van der Waals surface area contributed by atoms with Crippen LogP contribution in [0.4, 0.5) is 5.69 Å². The first-order valence-electron chi connectivity index (χ1n) is 4.98. The Morgan fingerprint density at radius 2 is 1.80 bits per heavy atom. The monoisotopic (exact) mass is 209 g/mol. The minimum Gasteiger partial charge on any atom is -0.380 e. The molecule has 0 spiro atoms. The van der Waals surface area contributed by atoms with Gasteiger partial charge in [0.15, 0.2) is 5.72 Å². The van der Waals surface area contributed by atoms with Crippen molar-refractivity contribution in [1.82, 2.24) is 0 Å². The van der Waals surface area contributed by atoms with E-state index < -0.39 is 5.72 Å². The van der Waals surface area contributed by atoms with E-state index in [-0.39, 0.29) is 0 Å². The molecule has 1 aromatic rings. The molecule has 3 heteroatoms. The Balaban J connectivity index is 2.70. The fourth-order valence-electron chi connectivity index (χ4n) is 1.36. The summed E-state index contributed by atoms with van der Waals surface area (Å²) in [4.78, 5) is 0. The lowest BCUT2D eigenvalue weighted by molar-refractivity contribution is -0.0301. The summed E-state index contributed by atoms with van der Waals surface area (Å²) in [6.45, 7) is 4.52. The second-order valence-corrected chi connectivity index (χ2v) is 3.86. The van der Waals surface area contributed by atoms with Crippen molar-refractivity contribution in [2.24, 2.45) is 0 Å². The Hall–Kier alpha value is -1.06. The van der Waals surface area contributed by atoms with Crippen LogP contribution in [0.15, 0.2) is 24.3 Å². The van der Waals surface area contributed by atoms with Crippen molar-refractivity contribution in [2.45, 2.75) is 19.6 Å². The van der Waals surface area contributed by atoms with Gasteiger partial charge in [-0.3, -0.25) is 0 Å². The summed E-state index contributed by atoms with van der Waals surface area (Å²) in [6, 6.07) is 8.18. The fourth-order valence-corrected chi connectivity index (χ4v) is 1.36. The molecule has 1 N–H and O–H groups in total. The van der Waals surface area contributed by atoms with Crippen LogP contribution in [0, 0.1) is 6.92 Å². The van der Waals surface area contributed by atoms with Gasteiger partial charge in [0.25, 0.3) is 0 Å². The van der Waals surface area contributed by atoms with Gasteiger partial charge in [0.05, 0.1) is 6.61 Å². The molecule has 0 aliphatic carbocycles. The number of hydrogen-bond acceptors (Lipinski definition) is 3. The SMILES string of the molecule is COCC(C)(Nc1ccc(C)cc1)OC. The van der Waals surface area contributed by atoms with Gasteiger partial charge in [-0.1, -0.05) is 17.7 Å². The highest BCUT2D eigenvalue weighted by atomic mass is 16.5. The molecule has 3 nitrogen and oxygen atoms in total. The number of anilines is 1. The van der Waals surface area contributed by atoms with Crippen LogP contribution in [0.2, 0.25) is 0 Å². The Morgan fingerprint density at radius 3 is 2.27 bits per heavy atom. The standard InChI is InChI=1S/C12H19NO2/c1-10-5-7-11(8-6-10)13-12(2,15-4)9-14-3/h5-8,13H,9H2,1-4H3. The van der Waals surface area contributed by atoms with Gasteiger partial charge in [-0.25, -0.2) is 0 Å². The quantitative estimate of drug-likeness (QED) is 0.755. The fraction of sp³-hybridized carbons (Fsp3) is 0.500. The van der Waals surface area contributed by atoms with Gasteiger partial charge in [-0.15, -0.1) is 0 Å². The van der Waals surface area contributed by atoms with Crippen LogP contribution in [-0.2, 0) is 9.47 Å². The van der Waals surface area contributed by atoms with Crippen molar-refractivity contribution in [3.05, 3.63) is 29.8 Å². The summed E-state index contributed by atoms with van der Waals surface area (Å²) in [6.07, 6.45) is 0.